The van der Waals surface area contributed by atoms with Gasteiger partial charge in [0.15, 0.2) is 0 Å². The lowest BCUT2D eigenvalue weighted by Crippen LogP contribution is -2.17. The zero-order valence-electron chi connectivity index (χ0n) is 14.7. The summed E-state index contributed by atoms with van der Waals surface area (Å²) >= 11 is 0. The van der Waals surface area contributed by atoms with Gasteiger partial charge in [0.05, 0.1) is 11.8 Å². The van der Waals surface area contributed by atoms with E-state index in [1.807, 2.05) is 12.1 Å². The van der Waals surface area contributed by atoms with Gasteiger partial charge in [-0.25, -0.2) is 5.43 Å². The number of carbonyl (C=O) groups is 1. The number of hydrogen-bond acceptors (Lipinski definition) is 4. The Hall–Kier alpha value is -3.60. The summed E-state index contributed by atoms with van der Waals surface area (Å²) in [6.07, 6.45) is 1.58. The van der Waals surface area contributed by atoms with Gasteiger partial charge in [0, 0.05) is 18.8 Å². The SMILES string of the molecule is O=C(N/N=C\c1ccc(N2Cc3ccccc3C2)cc1)c1ccccc1O. The monoisotopic (exact) mass is 357 g/mol. The van der Waals surface area contributed by atoms with E-state index in [1.54, 1.807) is 24.4 Å². The second-order valence-electron chi connectivity index (χ2n) is 6.43. The second kappa shape index (κ2) is 7.33. The van der Waals surface area contributed by atoms with Gasteiger partial charge in [-0.1, -0.05) is 48.5 Å². The lowest BCUT2D eigenvalue weighted by molar-refractivity contribution is 0.0952. The summed E-state index contributed by atoms with van der Waals surface area (Å²) in [6.45, 7) is 1.83. The molecule has 0 fully saturated rings. The third-order valence-corrected chi connectivity index (χ3v) is 4.63. The van der Waals surface area contributed by atoms with Crippen molar-refractivity contribution in [2.24, 2.45) is 5.10 Å². The lowest BCUT2D eigenvalue weighted by atomic mass is 10.1. The number of fused-ring (bicyclic) bond motifs is 1. The van der Waals surface area contributed by atoms with E-state index >= 15 is 0 Å². The van der Waals surface area contributed by atoms with Crippen molar-refractivity contribution in [2.45, 2.75) is 13.1 Å². The third-order valence-electron chi connectivity index (χ3n) is 4.63. The Morgan fingerprint density at radius 3 is 2.22 bits per heavy atom. The van der Waals surface area contributed by atoms with Crippen LogP contribution in [0.1, 0.15) is 27.0 Å². The highest BCUT2D eigenvalue weighted by atomic mass is 16.3. The summed E-state index contributed by atoms with van der Waals surface area (Å²) in [5.41, 5.74) is 7.40. The molecule has 1 heterocycles. The van der Waals surface area contributed by atoms with Gasteiger partial charge in [-0.15, -0.1) is 0 Å². The molecule has 3 aromatic carbocycles. The number of hydrazone groups is 1. The van der Waals surface area contributed by atoms with Gasteiger partial charge in [0.25, 0.3) is 5.91 Å². The van der Waals surface area contributed by atoms with E-state index < -0.39 is 5.91 Å². The number of hydrogen-bond donors (Lipinski definition) is 2. The molecule has 5 heteroatoms. The summed E-state index contributed by atoms with van der Waals surface area (Å²) in [4.78, 5) is 14.3. The van der Waals surface area contributed by atoms with Crippen molar-refractivity contribution in [3.63, 3.8) is 0 Å². The zero-order valence-corrected chi connectivity index (χ0v) is 14.7. The van der Waals surface area contributed by atoms with E-state index in [1.165, 1.54) is 17.2 Å². The number of anilines is 1. The van der Waals surface area contributed by atoms with Crippen molar-refractivity contribution < 1.29 is 9.90 Å². The molecule has 134 valence electrons. The van der Waals surface area contributed by atoms with Crippen LogP contribution in [-0.4, -0.2) is 17.2 Å². The Balaban J connectivity index is 1.38. The van der Waals surface area contributed by atoms with Crippen LogP contribution < -0.4 is 10.3 Å². The summed E-state index contributed by atoms with van der Waals surface area (Å²) in [5, 5.41) is 13.6. The number of aromatic hydroxyl groups is 1. The summed E-state index contributed by atoms with van der Waals surface area (Å²) in [7, 11) is 0. The molecule has 0 saturated carbocycles. The molecule has 1 aliphatic heterocycles. The fraction of sp³-hybridized carbons (Fsp3) is 0.0909. The van der Waals surface area contributed by atoms with Crippen molar-refractivity contribution in [1.29, 1.82) is 0 Å². The predicted molar refractivity (Wildman–Crippen MR) is 106 cm³/mol. The number of carbonyl (C=O) groups excluding carboxylic acids is 1. The maximum atomic E-state index is 12.0. The van der Waals surface area contributed by atoms with Crippen LogP contribution in [-0.2, 0) is 13.1 Å². The molecule has 0 bridgehead atoms. The van der Waals surface area contributed by atoms with Crippen molar-refractivity contribution in [3.05, 3.63) is 95.1 Å². The van der Waals surface area contributed by atoms with Crippen LogP contribution in [0, 0.1) is 0 Å². The smallest absolute Gasteiger partial charge is 0.275 e. The van der Waals surface area contributed by atoms with Gasteiger partial charge in [0.2, 0.25) is 0 Å². The molecule has 0 atom stereocenters. The largest absolute Gasteiger partial charge is 0.507 e. The predicted octanol–water partition coefficient (Wildman–Crippen LogP) is 3.68. The molecular weight excluding hydrogens is 338 g/mol. The number of phenolic OH excluding ortho intramolecular Hbond substituents is 1. The molecule has 27 heavy (non-hydrogen) atoms. The van der Waals surface area contributed by atoms with Crippen LogP contribution in [0.15, 0.2) is 77.9 Å². The molecule has 1 amide bonds. The maximum Gasteiger partial charge on any atom is 0.275 e. The van der Waals surface area contributed by atoms with Crippen molar-refractivity contribution in [2.75, 3.05) is 4.90 Å². The first-order valence-corrected chi connectivity index (χ1v) is 8.74. The zero-order chi connectivity index (χ0) is 18.6. The average Bonchev–Trinajstić information content (AvgIpc) is 3.13. The number of para-hydroxylation sites is 1. The molecule has 5 nitrogen and oxygen atoms in total. The minimum Gasteiger partial charge on any atom is -0.507 e. The normalized spacial score (nSPS) is 13.0. The van der Waals surface area contributed by atoms with E-state index in [2.05, 4.69) is 51.8 Å². The maximum absolute atomic E-state index is 12.0. The highest BCUT2D eigenvalue weighted by Crippen LogP contribution is 2.27. The number of benzene rings is 3. The molecule has 0 unspecified atom stereocenters. The Morgan fingerprint density at radius 2 is 1.56 bits per heavy atom. The average molecular weight is 357 g/mol. The van der Waals surface area contributed by atoms with E-state index in [0.29, 0.717) is 0 Å². The number of nitrogens with zero attached hydrogens (tertiary/aromatic N) is 2. The number of nitrogens with one attached hydrogen (secondary N) is 1. The first-order chi connectivity index (χ1) is 13.2. The topological polar surface area (TPSA) is 64.9 Å². The molecule has 4 rings (SSSR count). The number of phenols is 1. The van der Waals surface area contributed by atoms with Crippen LogP contribution in [0.4, 0.5) is 5.69 Å². The van der Waals surface area contributed by atoms with Gasteiger partial charge in [-0.3, -0.25) is 4.79 Å². The molecule has 0 saturated heterocycles. The number of amides is 1. The van der Waals surface area contributed by atoms with Gasteiger partial charge in [-0.2, -0.15) is 5.10 Å². The summed E-state index contributed by atoms with van der Waals surface area (Å²) < 4.78 is 0. The quantitative estimate of drug-likeness (QED) is 0.553. The van der Waals surface area contributed by atoms with Crippen LogP contribution in [0.25, 0.3) is 0 Å². The first-order valence-electron chi connectivity index (χ1n) is 8.74. The van der Waals surface area contributed by atoms with Crippen LogP contribution in [0.5, 0.6) is 5.75 Å². The molecule has 3 aromatic rings. The van der Waals surface area contributed by atoms with Gasteiger partial charge in [0.1, 0.15) is 5.75 Å². The minimum atomic E-state index is -0.448. The fourth-order valence-electron chi connectivity index (χ4n) is 3.18. The van der Waals surface area contributed by atoms with Crippen molar-refractivity contribution in [3.8, 4) is 5.75 Å². The fourth-order valence-corrected chi connectivity index (χ4v) is 3.18. The third kappa shape index (κ3) is 3.67. The summed E-state index contributed by atoms with van der Waals surface area (Å²) in [6, 6.07) is 22.9. The Bertz CT molecular complexity index is 971. The lowest BCUT2D eigenvalue weighted by Gasteiger charge is -2.17. The molecule has 1 aliphatic rings. The molecule has 0 radical (unpaired) electrons. The van der Waals surface area contributed by atoms with Crippen molar-refractivity contribution in [1.82, 2.24) is 5.43 Å². The van der Waals surface area contributed by atoms with Crippen LogP contribution in [0.3, 0.4) is 0 Å². The Morgan fingerprint density at radius 1 is 0.926 bits per heavy atom. The standard InChI is InChI=1S/C22H19N3O2/c26-21-8-4-3-7-20(21)22(27)24-23-13-16-9-11-19(12-10-16)25-14-17-5-1-2-6-18(17)15-25/h1-13,26H,14-15H2,(H,24,27)/b23-13-. The van der Waals surface area contributed by atoms with Crippen LogP contribution in [0.2, 0.25) is 0 Å². The second-order valence-corrected chi connectivity index (χ2v) is 6.43. The van der Waals surface area contributed by atoms with Gasteiger partial charge >= 0.3 is 0 Å². The molecule has 0 aromatic heterocycles. The van der Waals surface area contributed by atoms with E-state index in [4.69, 9.17) is 0 Å². The minimum absolute atomic E-state index is 0.0684. The van der Waals surface area contributed by atoms with Gasteiger partial charge < -0.3 is 10.0 Å². The van der Waals surface area contributed by atoms with Gasteiger partial charge in [-0.05, 0) is 41.0 Å². The van der Waals surface area contributed by atoms with Crippen LogP contribution >= 0.6 is 0 Å². The van der Waals surface area contributed by atoms with E-state index in [9.17, 15) is 9.90 Å². The molecule has 0 aliphatic carbocycles. The Labute approximate surface area is 157 Å². The highest BCUT2D eigenvalue weighted by Gasteiger charge is 2.18. The summed E-state index contributed by atoms with van der Waals surface area (Å²) in [5.74, 6) is -0.517. The highest BCUT2D eigenvalue weighted by molar-refractivity contribution is 5.97. The Kier molecular flexibility index (Phi) is 4.58. The first kappa shape index (κ1) is 16.8. The van der Waals surface area contributed by atoms with E-state index in [0.717, 1.165) is 24.3 Å². The molecular formula is C22H19N3O2. The van der Waals surface area contributed by atoms with E-state index in [-0.39, 0.29) is 11.3 Å². The number of rotatable bonds is 4. The molecule has 0 spiro atoms. The van der Waals surface area contributed by atoms with Crippen molar-refractivity contribution >= 4 is 17.8 Å². The molecule has 2 N–H and O–H groups in total.